The van der Waals surface area contributed by atoms with Gasteiger partial charge in [0.15, 0.2) is 0 Å². The number of carbonyl (C=O) groups is 1. The fourth-order valence-electron chi connectivity index (χ4n) is 4.66. The van der Waals surface area contributed by atoms with Crippen molar-refractivity contribution >= 4 is 22.5 Å². The molecule has 0 atom stereocenters. The van der Waals surface area contributed by atoms with Crippen molar-refractivity contribution in [3.8, 4) is 0 Å². The van der Waals surface area contributed by atoms with Gasteiger partial charge in [-0.3, -0.25) is 4.79 Å². The highest BCUT2D eigenvalue weighted by Crippen LogP contribution is 2.47. The maximum absolute atomic E-state index is 12.7. The highest BCUT2D eigenvalue weighted by molar-refractivity contribution is 5.92. The van der Waals surface area contributed by atoms with E-state index >= 15 is 0 Å². The first-order valence-electron chi connectivity index (χ1n) is 10.7. The van der Waals surface area contributed by atoms with Gasteiger partial charge in [-0.05, 0) is 71.4 Å². The fourth-order valence-corrected chi connectivity index (χ4v) is 4.66. The van der Waals surface area contributed by atoms with E-state index in [1.807, 2.05) is 18.3 Å². The third-order valence-electron chi connectivity index (χ3n) is 6.77. The molecule has 1 amide bonds. The number of aromatic nitrogens is 1. The molecule has 0 spiro atoms. The number of aryl methyl sites for hydroxylation is 2. The van der Waals surface area contributed by atoms with Crippen LogP contribution in [0.25, 0.3) is 10.9 Å². The molecule has 2 N–H and O–H groups in total. The van der Waals surface area contributed by atoms with Gasteiger partial charge in [-0.1, -0.05) is 52.0 Å². The Morgan fingerprint density at radius 1 is 1.03 bits per heavy atom. The maximum Gasteiger partial charge on any atom is 0.224 e. The molecule has 1 aliphatic carbocycles. The summed E-state index contributed by atoms with van der Waals surface area (Å²) >= 11 is 0. The monoisotopic (exact) mass is 388 g/mol. The second-order valence-electron chi connectivity index (χ2n) is 9.89. The number of aromatic amines is 1. The van der Waals surface area contributed by atoms with Crippen molar-refractivity contribution in [2.45, 2.75) is 71.1 Å². The van der Waals surface area contributed by atoms with Crippen molar-refractivity contribution in [3.05, 3.63) is 64.8 Å². The zero-order chi connectivity index (χ0) is 20.8. The highest BCUT2D eigenvalue weighted by Gasteiger charge is 2.37. The van der Waals surface area contributed by atoms with Crippen LogP contribution >= 0.6 is 0 Å². The smallest absolute Gasteiger partial charge is 0.224 e. The number of amides is 1. The van der Waals surface area contributed by atoms with E-state index in [1.54, 1.807) is 0 Å². The SMILES string of the molecule is Cc1cc2c(cc1NC(=O)CCc1c[nH]c3ccccc13)C(C)(C)CCC2(C)C. The van der Waals surface area contributed by atoms with E-state index in [2.05, 4.69) is 69.2 Å². The molecule has 3 nitrogen and oxygen atoms in total. The summed E-state index contributed by atoms with van der Waals surface area (Å²) in [6.45, 7) is 11.4. The Balaban J connectivity index is 1.53. The molecule has 3 aromatic rings. The van der Waals surface area contributed by atoms with Crippen LogP contribution in [0, 0.1) is 6.92 Å². The van der Waals surface area contributed by atoms with Gasteiger partial charge < -0.3 is 10.3 Å². The minimum Gasteiger partial charge on any atom is -0.361 e. The van der Waals surface area contributed by atoms with Crippen molar-refractivity contribution < 1.29 is 4.79 Å². The van der Waals surface area contributed by atoms with E-state index in [-0.39, 0.29) is 16.7 Å². The molecule has 0 saturated heterocycles. The number of hydrogen-bond donors (Lipinski definition) is 2. The van der Waals surface area contributed by atoms with Gasteiger partial charge in [0.25, 0.3) is 0 Å². The van der Waals surface area contributed by atoms with E-state index in [4.69, 9.17) is 0 Å². The third kappa shape index (κ3) is 3.71. The normalized spacial score (nSPS) is 17.1. The first-order valence-corrected chi connectivity index (χ1v) is 10.7. The van der Waals surface area contributed by atoms with Crippen LogP contribution in [0.2, 0.25) is 0 Å². The largest absolute Gasteiger partial charge is 0.361 e. The Bertz CT molecular complexity index is 1070. The Kier molecular flexibility index (Phi) is 4.80. The lowest BCUT2D eigenvalue weighted by atomic mass is 9.63. The summed E-state index contributed by atoms with van der Waals surface area (Å²) in [5, 5.41) is 4.39. The molecule has 0 aliphatic heterocycles. The van der Waals surface area contributed by atoms with Crippen LogP contribution in [-0.2, 0) is 22.0 Å². The first-order chi connectivity index (χ1) is 13.7. The first kappa shape index (κ1) is 19.8. The van der Waals surface area contributed by atoms with Gasteiger partial charge in [0.2, 0.25) is 5.91 Å². The average molecular weight is 389 g/mol. The van der Waals surface area contributed by atoms with Gasteiger partial charge in [0, 0.05) is 29.2 Å². The number of H-pyrrole nitrogens is 1. The number of benzene rings is 2. The lowest BCUT2D eigenvalue weighted by Gasteiger charge is -2.42. The molecule has 0 saturated carbocycles. The highest BCUT2D eigenvalue weighted by atomic mass is 16.1. The van der Waals surface area contributed by atoms with Crippen LogP contribution in [0.5, 0.6) is 0 Å². The van der Waals surface area contributed by atoms with E-state index in [0.717, 1.165) is 23.2 Å². The summed E-state index contributed by atoms with van der Waals surface area (Å²) in [6, 6.07) is 12.8. The van der Waals surface area contributed by atoms with E-state index in [1.165, 1.54) is 34.9 Å². The minimum absolute atomic E-state index is 0.0752. The number of fused-ring (bicyclic) bond motifs is 2. The zero-order valence-electron chi connectivity index (χ0n) is 18.3. The van der Waals surface area contributed by atoms with Gasteiger partial charge in [-0.25, -0.2) is 0 Å². The number of anilines is 1. The predicted molar refractivity (Wildman–Crippen MR) is 122 cm³/mol. The van der Waals surface area contributed by atoms with Gasteiger partial charge in [-0.2, -0.15) is 0 Å². The van der Waals surface area contributed by atoms with Crippen LogP contribution in [0.15, 0.2) is 42.6 Å². The maximum atomic E-state index is 12.7. The Morgan fingerprint density at radius 3 is 2.41 bits per heavy atom. The van der Waals surface area contributed by atoms with Crippen LogP contribution < -0.4 is 5.32 Å². The summed E-state index contributed by atoms with van der Waals surface area (Å²) in [5.41, 5.74) is 7.57. The van der Waals surface area contributed by atoms with Crippen molar-refractivity contribution in [2.24, 2.45) is 0 Å². The van der Waals surface area contributed by atoms with E-state index in [0.29, 0.717) is 6.42 Å². The molecule has 2 aromatic carbocycles. The molecule has 3 heteroatoms. The summed E-state index contributed by atoms with van der Waals surface area (Å²) in [7, 11) is 0. The molecule has 152 valence electrons. The molecular formula is C26H32N2O. The molecule has 0 radical (unpaired) electrons. The second-order valence-corrected chi connectivity index (χ2v) is 9.89. The Morgan fingerprint density at radius 2 is 1.69 bits per heavy atom. The lowest BCUT2D eigenvalue weighted by molar-refractivity contribution is -0.116. The number of hydrogen-bond acceptors (Lipinski definition) is 1. The summed E-state index contributed by atoms with van der Waals surface area (Å²) in [6.07, 6.45) is 5.60. The zero-order valence-corrected chi connectivity index (χ0v) is 18.3. The van der Waals surface area contributed by atoms with E-state index in [9.17, 15) is 4.79 Å². The Labute approximate surface area is 173 Å². The van der Waals surface area contributed by atoms with Crippen molar-refractivity contribution in [1.82, 2.24) is 4.98 Å². The molecule has 1 aliphatic rings. The molecule has 1 aromatic heterocycles. The fraction of sp³-hybridized carbons (Fsp3) is 0.423. The second kappa shape index (κ2) is 7.05. The third-order valence-corrected chi connectivity index (χ3v) is 6.77. The minimum atomic E-state index is 0.0752. The molecule has 1 heterocycles. The lowest BCUT2D eigenvalue weighted by Crippen LogP contribution is -2.34. The summed E-state index contributed by atoms with van der Waals surface area (Å²) < 4.78 is 0. The summed E-state index contributed by atoms with van der Waals surface area (Å²) in [5.74, 6) is 0.0752. The number of nitrogens with one attached hydrogen (secondary N) is 2. The number of rotatable bonds is 4. The molecule has 29 heavy (non-hydrogen) atoms. The van der Waals surface area contributed by atoms with Gasteiger partial charge in [0.1, 0.15) is 0 Å². The van der Waals surface area contributed by atoms with Crippen LogP contribution in [-0.4, -0.2) is 10.9 Å². The van der Waals surface area contributed by atoms with Crippen LogP contribution in [0.3, 0.4) is 0 Å². The van der Waals surface area contributed by atoms with Crippen LogP contribution in [0.4, 0.5) is 5.69 Å². The molecule has 0 fully saturated rings. The number of para-hydroxylation sites is 1. The Hall–Kier alpha value is -2.55. The average Bonchev–Trinajstić information content (AvgIpc) is 3.08. The van der Waals surface area contributed by atoms with E-state index < -0.39 is 0 Å². The van der Waals surface area contributed by atoms with Crippen LogP contribution in [0.1, 0.15) is 69.2 Å². The molecule has 0 unspecified atom stereocenters. The van der Waals surface area contributed by atoms with Gasteiger partial charge in [-0.15, -0.1) is 0 Å². The standard InChI is InChI=1S/C26H32N2O/c1-17-14-20-21(26(4,5)13-12-25(20,2)3)15-23(17)28-24(29)11-10-18-16-27-22-9-7-6-8-19(18)22/h6-9,14-16,27H,10-13H2,1-5H3,(H,28,29). The predicted octanol–water partition coefficient (Wildman–Crippen LogP) is 6.40. The topological polar surface area (TPSA) is 44.9 Å². The van der Waals surface area contributed by atoms with Crippen molar-refractivity contribution in [1.29, 1.82) is 0 Å². The van der Waals surface area contributed by atoms with Gasteiger partial charge >= 0.3 is 0 Å². The van der Waals surface area contributed by atoms with Gasteiger partial charge in [0.05, 0.1) is 0 Å². The quantitative estimate of drug-likeness (QED) is 0.534. The molecular weight excluding hydrogens is 356 g/mol. The number of carbonyl (C=O) groups excluding carboxylic acids is 1. The molecule has 0 bridgehead atoms. The van der Waals surface area contributed by atoms with Crippen molar-refractivity contribution in [3.63, 3.8) is 0 Å². The molecule has 4 rings (SSSR count). The summed E-state index contributed by atoms with van der Waals surface area (Å²) in [4.78, 5) is 16.0. The van der Waals surface area contributed by atoms with Crippen molar-refractivity contribution in [2.75, 3.05) is 5.32 Å².